The fourth-order valence-corrected chi connectivity index (χ4v) is 4.16. The van der Waals surface area contributed by atoms with Crippen LogP contribution in [0.15, 0.2) is 42.5 Å². The van der Waals surface area contributed by atoms with E-state index in [2.05, 4.69) is 66.7 Å². The maximum Gasteiger partial charge on any atom is 0.323 e. The fraction of sp³-hybridized carbons (Fsp3) is 0.462. The number of hydrogen-bond acceptors (Lipinski definition) is 3. The van der Waals surface area contributed by atoms with Gasteiger partial charge in [-0.1, -0.05) is 45.9 Å². The minimum atomic E-state index is -0.242. The molecule has 7 heteroatoms. The maximum atomic E-state index is 12.8. The van der Waals surface area contributed by atoms with Crippen LogP contribution in [0.25, 0.3) is 0 Å². The van der Waals surface area contributed by atoms with Crippen LogP contribution in [0, 0.1) is 0 Å². The van der Waals surface area contributed by atoms with E-state index in [1.165, 1.54) is 0 Å². The zero-order chi connectivity index (χ0) is 24.0. The number of piperazine rings is 1. The molecule has 0 spiro atoms. The van der Waals surface area contributed by atoms with Gasteiger partial charge in [0.05, 0.1) is 0 Å². The first kappa shape index (κ1) is 24.4. The Labute approximate surface area is 197 Å². The molecular weight excluding hydrogens is 414 g/mol. The summed E-state index contributed by atoms with van der Waals surface area (Å²) in [6.45, 7) is 14.1. The van der Waals surface area contributed by atoms with Crippen LogP contribution in [0.5, 0.6) is 0 Å². The summed E-state index contributed by atoms with van der Waals surface area (Å²) < 4.78 is 0. The van der Waals surface area contributed by atoms with Gasteiger partial charge >= 0.3 is 12.1 Å². The van der Waals surface area contributed by atoms with Crippen LogP contribution in [0.3, 0.4) is 0 Å². The summed E-state index contributed by atoms with van der Waals surface area (Å²) >= 11 is 0. The summed E-state index contributed by atoms with van der Waals surface area (Å²) in [7, 11) is 0. The molecular formula is C26H37N5O2. The smallest absolute Gasteiger partial charge is 0.323 e. The van der Waals surface area contributed by atoms with Gasteiger partial charge in [-0.3, -0.25) is 0 Å². The first-order valence-electron chi connectivity index (χ1n) is 11.9. The number of para-hydroxylation sites is 1. The molecule has 0 radical (unpaired) electrons. The van der Waals surface area contributed by atoms with Gasteiger partial charge in [-0.25, -0.2) is 9.59 Å². The number of benzene rings is 2. The van der Waals surface area contributed by atoms with Gasteiger partial charge in [0.15, 0.2) is 0 Å². The van der Waals surface area contributed by atoms with E-state index in [4.69, 9.17) is 0 Å². The summed E-state index contributed by atoms with van der Waals surface area (Å²) in [4.78, 5) is 28.9. The highest BCUT2D eigenvalue weighted by atomic mass is 16.2. The minimum absolute atomic E-state index is 0.00220. The molecule has 0 aromatic heterocycles. The highest BCUT2D eigenvalue weighted by molar-refractivity contribution is 6.01. The number of amides is 4. The first-order chi connectivity index (χ1) is 15.8. The van der Waals surface area contributed by atoms with Gasteiger partial charge < -0.3 is 25.8 Å². The standard InChI is InChI=1S/C26H37N5O2/c1-6-27-26(33)31-16-14-30(15-17-31)21-12-10-20(11-13-21)28-25(32)29-24-22(18(2)3)8-7-9-23(24)19(4)5/h7-13,18-19H,6,14-17H2,1-5H3,(H,27,33)(H2,28,29,32). The van der Waals surface area contributed by atoms with Crippen LogP contribution in [0.1, 0.15) is 57.6 Å². The van der Waals surface area contributed by atoms with Crippen LogP contribution in [0.2, 0.25) is 0 Å². The zero-order valence-electron chi connectivity index (χ0n) is 20.4. The Balaban J connectivity index is 1.61. The molecule has 7 nitrogen and oxygen atoms in total. The van der Waals surface area contributed by atoms with Crippen molar-refractivity contribution in [3.8, 4) is 0 Å². The predicted molar refractivity (Wildman–Crippen MR) is 137 cm³/mol. The predicted octanol–water partition coefficient (Wildman–Crippen LogP) is 5.43. The van der Waals surface area contributed by atoms with Crippen molar-refractivity contribution in [2.24, 2.45) is 0 Å². The molecule has 0 aliphatic carbocycles. The van der Waals surface area contributed by atoms with Crippen molar-refractivity contribution >= 4 is 29.1 Å². The van der Waals surface area contributed by atoms with Gasteiger partial charge in [-0.2, -0.15) is 0 Å². The number of nitrogens with one attached hydrogen (secondary N) is 3. The lowest BCUT2D eigenvalue weighted by atomic mass is 9.93. The highest BCUT2D eigenvalue weighted by Gasteiger charge is 2.21. The van der Waals surface area contributed by atoms with E-state index in [9.17, 15) is 9.59 Å². The molecule has 0 atom stereocenters. The monoisotopic (exact) mass is 451 g/mol. The Morgan fingerprint density at radius 3 is 1.94 bits per heavy atom. The van der Waals surface area contributed by atoms with E-state index in [1.807, 2.05) is 36.1 Å². The number of rotatable bonds is 6. The van der Waals surface area contributed by atoms with E-state index >= 15 is 0 Å². The Morgan fingerprint density at radius 1 is 0.848 bits per heavy atom. The van der Waals surface area contributed by atoms with E-state index in [-0.39, 0.29) is 12.1 Å². The number of carbonyl (C=O) groups excluding carboxylic acids is 2. The van der Waals surface area contributed by atoms with E-state index in [0.717, 1.165) is 41.3 Å². The van der Waals surface area contributed by atoms with Crippen molar-refractivity contribution in [3.05, 3.63) is 53.6 Å². The quantitative estimate of drug-likeness (QED) is 0.548. The third-order valence-electron chi connectivity index (χ3n) is 6.00. The number of anilines is 3. The lowest BCUT2D eigenvalue weighted by Crippen LogP contribution is -2.51. The fourth-order valence-electron chi connectivity index (χ4n) is 4.16. The molecule has 1 aliphatic rings. The van der Waals surface area contributed by atoms with Crippen molar-refractivity contribution in [1.82, 2.24) is 10.2 Å². The zero-order valence-corrected chi connectivity index (χ0v) is 20.4. The van der Waals surface area contributed by atoms with Crippen molar-refractivity contribution in [1.29, 1.82) is 0 Å². The van der Waals surface area contributed by atoms with Crippen molar-refractivity contribution in [2.75, 3.05) is 48.3 Å². The second-order valence-corrected chi connectivity index (χ2v) is 9.06. The molecule has 1 heterocycles. The number of hydrogen-bond donors (Lipinski definition) is 3. The Hall–Kier alpha value is -3.22. The Kier molecular flexibility index (Phi) is 8.20. The molecule has 1 saturated heterocycles. The van der Waals surface area contributed by atoms with Crippen molar-refractivity contribution in [2.45, 2.75) is 46.5 Å². The van der Waals surface area contributed by atoms with Crippen LogP contribution < -0.4 is 20.9 Å². The van der Waals surface area contributed by atoms with Gasteiger partial charge in [0.25, 0.3) is 0 Å². The molecule has 3 N–H and O–H groups in total. The lowest BCUT2D eigenvalue weighted by molar-refractivity contribution is 0.195. The molecule has 1 fully saturated rings. The molecule has 2 aromatic carbocycles. The molecule has 3 rings (SSSR count). The van der Waals surface area contributed by atoms with Crippen LogP contribution >= 0.6 is 0 Å². The van der Waals surface area contributed by atoms with E-state index in [0.29, 0.717) is 31.5 Å². The van der Waals surface area contributed by atoms with Crippen LogP contribution in [-0.4, -0.2) is 49.7 Å². The van der Waals surface area contributed by atoms with Gasteiger partial charge in [0.1, 0.15) is 0 Å². The number of carbonyl (C=O) groups is 2. The highest BCUT2D eigenvalue weighted by Crippen LogP contribution is 2.32. The first-order valence-corrected chi connectivity index (χ1v) is 11.9. The normalized spacial score (nSPS) is 13.9. The summed E-state index contributed by atoms with van der Waals surface area (Å²) in [6, 6.07) is 13.8. The molecule has 4 amide bonds. The van der Waals surface area contributed by atoms with E-state index < -0.39 is 0 Å². The molecule has 0 unspecified atom stereocenters. The Bertz CT molecular complexity index is 921. The van der Waals surface area contributed by atoms with E-state index in [1.54, 1.807) is 0 Å². The number of nitrogens with zero attached hydrogens (tertiary/aromatic N) is 2. The van der Waals surface area contributed by atoms with Gasteiger partial charge in [0, 0.05) is 49.8 Å². The topological polar surface area (TPSA) is 76.7 Å². The molecule has 0 saturated carbocycles. The second kappa shape index (κ2) is 11.1. The van der Waals surface area contributed by atoms with Gasteiger partial charge in [-0.15, -0.1) is 0 Å². The Morgan fingerprint density at radius 2 is 1.42 bits per heavy atom. The van der Waals surface area contributed by atoms with Crippen LogP contribution in [-0.2, 0) is 0 Å². The molecule has 178 valence electrons. The van der Waals surface area contributed by atoms with Crippen LogP contribution in [0.4, 0.5) is 26.7 Å². The molecule has 0 bridgehead atoms. The second-order valence-electron chi connectivity index (χ2n) is 9.06. The summed E-state index contributed by atoms with van der Waals surface area (Å²) in [5.74, 6) is 0.624. The molecule has 1 aliphatic heterocycles. The van der Waals surface area contributed by atoms with Gasteiger partial charge in [-0.05, 0) is 54.2 Å². The maximum absolute atomic E-state index is 12.8. The SMILES string of the molecule is CCNC(=O)N1CCN(c2ccc(NC(=O)Nc3c(C(C)C)cccc3C(C)C)cc2)CC1. The third kappa shape index (κ3) is 6.18. The summed E-state index contributed by atoms with van der Waals surface area (Å²) in [5.41, 5.74) is 5.01. The largest absolute Gasteiger partial charge is 0.368 e. The summed E-state index contributed by atoms with van der Waals surface area (Å²) in [6.07, 6.45) is 0. The average Bonchev–Trinajstić information content (AvgIpc) is 2.79. The number of urea groups is 2. The van der Waals surface area contributed by atoms with Crippen molar-refractivity contribution < 1.29 is 9.59 Å². The molecule has 33 heavy (non-hydrogen) atoms. The third-order valence-corrected chi connectivity index (χ3v) is 6.00. The molecule has 2 aromatic rings. The van der Waals surface area contributed by atoms with Crippen molar-refractivity contribution in [3.63, 3.8) is 0 Å². The summed E-state index contributed by atoms with van der Waals surface area (Å²) in [5, 5.41) is 8.90. The van der Waals surface area contributed by atoms with Gasteiger partial charge in [0.2, 0.25) is 0 Å². The average molecular weight is 452 g/mol. The minimum Gasteiger partial charge on any atom is -0.368 e. The lowest BCUT2D eigenvalue weighted by Gasteiger charge is -2.36.